The number of aliphatic carboxylic acids is 1. The van der Waals surface area contributed by atoms with Crippen LogP contribution in [0.2, 0.25) is 0 Å². The molecule has 0 spiro atoms. The van der Waals surface area contributed by atoms with Crippen molar-refractivity contribution < 1.29 is 23.5 Å². The van der Waals surface area contributed by atoms with Crippen molar-refractivity contribution in [1.82, 2.24) is 4.90 Å². The molecule has 0 aliphatic rings. The second-order valence-corrected chi connectivity index (χ2v) is 5.28. The van der Waals surface area contributed by atoms with E-state index in [-0.39, 0.29) is 23.9 Å². The predicted molar refractivity (Wildman–Crippen MR) is 73.9 cm³/mol. The SMILES string of the molecule is CC(CC(=O)N(CC(=O)O)C(C)C)c1ccc(F)cc1F. The third kappa shape index (κ3) is 4.81. The van der Waals surface area contributed by atoms with Crippen LogP contribution in [-0.2, 0) is 9.59 Å². The quantitative estimate of drug-likeness (QED) is 0.878. The van der Waals surface area contributed by atoms with E-state index in [9.17, 15) is 18.4 Å². The summed E-state index contributed by atoms with van der Waals surface area (Å²) in [6.45, 7) is 4.68. The summed E-state index contributed by atoms with van der Waals surface area (Å²) >= 11 is 0. The van der Waals surface area contributed by atoms with Crippen LogP contribution in [0.25, 0.3) is 0 Å². The number of hydrogen-bond acceptors (Lipinski definition) is 2. The molecule has 1 unspecified atom stereocenters. The van der Waals surface area contributed by atoms with Gasteiger partial charge < -0.3 is 10.0 Å². The molecule has 116 valence electrons. The lowest BCUT2D eigenvalue weighted by molar-refractivity contribution is -0.145. The first-order valence-electron chi connectivity index (χ1n) is 6.68. The van der Waals surface area contributed by atoms with Crippen LogP contribution in [0.15, 0.2) is 18.2 Å². The van der Waals surface area contributed by atoms with Crippen molar-refractivity contribution >= 4 is 11.9 Å². The number of nitrogens with zero attached hydrogens (tertiary/aromatic N) is 1. The Bertz CT molecular complexity index is 532. The molecule has 0 saturated heterocycles. The molecule has 1 aromatic rings. The summed E-state index contributed by atoms with van der Waals surface area (Å²) in [7, 11) is 0. The highest BCUT2D eigenvalue weighted by atomic mass is 19.1. The normalized spacial score (nSPS) is 12.3. The van der Waals surface area contributed by atoms with E-state index in [1.165, 1.54) is 11.0 Å². The van der Waals surface area contributed by atoms with Gasteiger partial charge in [0.1, 0.15) is 18.2 Å². The van der Waals surface area contributed by atoms with Gasteiger partial charge in [-0.2, -0.15) is 0 Å². The number of carboxylic acid groups (broad SMARTS) is 1. The minimum Gasteiger partial charge on any atom is -0.480 e. The van der Waals surface area contributed by atoms with E-state index in [0.29, 0.717) is 0 Å². The zero-order valence-corrected chi connectivity index (χ0v) is 12.3. The summed E-state index contributed by atoms with van der Waals surface area (Å²) in [5, 5.41) is 8.81. The van der Waals surface area contributed by atoms with Gasteiger partial charge in [0.05, 0.1) is 0 Å². The fourth-order valence-electron chi connectivity index (χ4n) is 2.09. The highest BCUT2D eigenvalue weighted by molar-refractivity contribution is 5.82. The number of amides is 1. The molecule has 1 rings (SSSR count). The summed E-state index contributed by atoms with van der Waals surface area (Å²) in [6.07, 6.45) is -0.0337. The maximum Gasteiger partial charge on any atom is 0.323 e. The van der Waals surface area contributed by atoms with E-state index in [2.05, 4.69) is 0 Å². The van der Waals surface area contributed by atoms with Crippen molar-refractivity contribution in [2.24, 2.45) is 0 Å². The van der Waals surface area contributed by atoms with Crippen LogP contribution in [0.4, 0.5) is 8.78 Å². The van der Waals surface area contributed by atoms with Crippen LogP contribution in [-0.4, -0.2) is 34.5 Å². The van der Waals surface area contributed by atoms with Gasteiger partial charge in [0, 0.05) is 18.5 Å². The summed E-state index contributed by atoms with van der Waals surface area (Å²) in [5.74, 6) is -3.32. The molecule has 0 bridgehead atoms. The van der Waals surface area contributed by atoms with E-state index >= 15 is 0 Å². The Morgan fingerprint density at radius 2 is 1.86 bits per heavy atom. The van der Waals surface area contributed by atoms with Crippen molar-refractivity contribution in [2.75, 3.05) is 6.54 Å². The van der Waals surface area contributed by atoms with Crippen molar-refractivity contribution in [3.63, 3.8) is 0 Å². The van der Waals surface area contributed by atoms with Gasteiger partial charge in [-0.3, -0.25) is 9.59 Å². The number of rotatable bonds is 6. The first-order chi connectivity index (χ1) is 9.72. The molecule has 21 heavy (non-hydrogen) atoms. The first kappa shape index (κ1) is 17.1. The number of carbonyl (C=O) groups excluding carboxylic acids is 1. The maximum atomic E-state index is 13.7. The average Bonchev–Trinajstić information content (AvgIpc) is 2.34. The lowest BCUT2D eigenvalue weighted by Crippen LogP contribution is -2.41. The predicted octanol–water partition coefficient (Wildman–Crippen LogP) is 2.78. The Labute approximate surface area is 122 Å². The Morgan fingerprint density at radius 1 is 1.24 bits per heavy atom. The van der Waals surface area contributed by atoms with Gasteiger partial charge in [-0.25, -0.2) is 8.78 Å². The fourth-order valence-corrected chi connectivity index (χ4v) is 2.09. The van der Waals surface area contributed by atoms with E-state index < -0.39 is 30.1 Å². The molecule has 0 aliphatic heterocycles. The van der Waals surface area contributed by atoms with Crippen LogP contribution in [0.5, 0.6) is 0 Å². The molecule has 0 aliphatic carbocycles. The monoisotopic (exact) mass is 299 g/mol. The summed E-state index contributed by atoms with van der Waals surface area (Å²) in [6, 6.07) is 2.95. The van der Waals surface area contributed by atoms with Crippen LogP contribution >= 0.6 is 0 Å². The minimum atomic E-state index is -1.10. The molecule has 6 heteroatoms. The molecule has 1 aromatic carbocycles. The van der Waals surface area contributed by atoms with E-state index in [1.54, 1.807) is 20.8 Å². The van der Waals surface area contributed by atoms with Crippen molar-refractivity contribution in [3.8, 4) is 0 Å². The molecule has 1 N–H and O–H groups in total. The standard InChI is InChI=1S/C15H19F2NO3/c1-9(2)18(8-15(20)21)14(19)6-10(3)12-5-4-11(16)7-13(12)17/h4-5,7,9-10H,6,8H2,1-3H3,(H,20,21). The summed E-state index contributed by atoms with van der Waals surface area (Å²) < 4.78 is 26.5. The first-order valence-corrected chi connectivity index (χ1v) is 6.68. The molecule has 0 heterocycles. The Balaban J connectivity index is 2.82. The number of hydrogen-bond donors (Lipinski definition) is 1. The Hall–Kier alpha value is -1.98. The number of carboxylic acids is 1. The molecule has 0 aromatic heterocycles. The zero-order valence-electron chi connectivity index (χ0n) is 12.3. The van der Waals surface area contributed by atoms with E-state index in [1.807, 2.05) is 0 Å². The number of benzene rings is 1. The van der Waals surface area contributed by atoms with Gasteiger partial charge in [-0.05, 0) is 31.4 Å². The molecule has 4 nitrogen and oxygen atoms in total. The van der Waals surface area contributed by atoms with E-state index in [0.717, 1.165) is 12.1 Å². The lowest BCUT2D eigenvalue weighted by atomic mass is 9.96. The molecular weight excluding hydrogens is 280 g/mol. The lowest BCUT2D eigenvalue weighted by Gasteiger charge is -2.26. The number of halogens is 2. The second kappa shape index (κ2) is 7.15. The van der Waals surface area contributed by atoms with Crippen LogP contribution in [0.1, 0.15) is 38.7 Å². The molecule has 0 fully saturated rings. The largest absolute Gasteiger partial charge is 0.480 e. The van der Waals surface area contributed by atoms with Gasteiger partial charge in [-0.15, -0.1) is 0 Å². The molecule has 0 saturated carbocycles. The van der Waals surface area contributed by atoms with Crippen LogP contribution in [0.3, 0.4) is 0 Å². The van der Waals surface area contributed by atoms with Gasteiger partial charge in [0.15, 0.2) is 0 Å². The van der Waals surface area contributed by atoms with Gasteiger partial charge in [0.25, 0.3) is 0 Å². The zero-order chi connectivity index (χ0) is 16.2. The Kier molecular flexibility index (Phi) is 5.81. The maximum absolute atomic E-state index is 13.7. The highest BCUT2D eigenvalue weighted by Crippen LogP contribution is 2.24. The summed E-state index contributed by atoms with van der Waals surface area (Å²) in [4.78, 5) is 24.1. The summed E-state index contributed by atoms with van der Waals surface area (Å²) in [5.41, 5.74) is 0.240. The van der Waals surface area contributed by atoms with Crippen molar-refractivity contribution in [2.45, 2.75) is 39.2 Å². The highest BCUT2D eigenvalue weighted by Gasteiger charge is 2.23. The van der Waals surface area contributed by atoms with Crippen LogP contribution < -0.4 is 0 Å². The second-order valence-electron chi connectivity index (χ2n) is 5.28. The minimum absolute atomic E-state index is 0.0337. The molecule has 0 radical (unpaired) electrons. The van der Waals surface area contributed by atoms with Gasteiger partial charge >= 0.3 is 5.97 Å². The average molecular weight is 299 g/mol. The Morgan fingerprint density at radius 3 is 2.33 bits per heavy atom. The fraction of sp³-hybridized carbons (Fsp3) is 0.467. The number of carbonyl (C=O) groups is 2. The van der Waals surface area contributed by atoms with Crippen molar-refractivity contribution in [3.05, 3.63) is 35.4 Å². The molecule has 1 atom stereocenters. The van der Waals surface area contributed by atoms with Crippen LogP contribution in [0, 0.1) is 11.6 Å². The van der Waals surface area contributed by atoms with Gasteiger partial charge in [0.2, 0.25) is 5.91 Å². The third-order valence-corrected chi connectivity index (χ3v) is 3.22. The third-order valence-electron chi connectivity index (χ3n) is 3.22. The topological polar surface area (TPSA) is 57.6 Å². The molecular formula is C15H19F2NO3. The van der Waals surface area contributed by atoms with Gasteiger partial charge in [-0.1, -0.05) is 13.0 Å². The molecule has 1 amide bonds. The smallest absolute Gasteiger partial charge is 0.323 e. The van der Waals surface area contributed by atoms with Crippen molar-refractivity contribution in [1.29, 1.82) is 0 Å². The van der Waals surface area contributed by atoms with E-state index in [4.69, 9.17) is 5.11 Å².